The van der Waals surface area contributed by atoms with Gasteiger partial charge in [-0.3, -0.25) is 4.79 Å². The van der Waals surface area contributed by atoms with Crippen LogP contribution in [0.4, 0.5) is 4.39 Å². The maximum Gasteiger partial charge on any atom is 0.230 e. The van der Waals surface area contributed by atoms with Gasteiger partial charge in [-0.05, 0) is 44.4 Å². The fourth-order valence-corrected chi connectivity index (χ4v) is 2.48. The van der Waals surface area contributed by atoms with Crippen molar-refractivity contribution in [3.8, 4) is 0 Å². The Morgan fingerprint density at radius 3 is 2.42 bits per heavy atom. The van der Waals surface area contributed by atoms with Gasteiger partial charge in [0.15, 0.2) is 0 Å². The van der Waals surface area contributed by atoms with Crippen LogP contribution in [0.1, 0.15) is 38.3 Å². The van der Waals surface area contributed by atoms with Crippen molar-refractivity contribution < 1.29 is 9.18 Å². The van der Waals surface area contributed by atoms with Gasteiger partial charge in [-0.2, -0.15) is 0 Å². The molecule has 2 N–H and O–H groups in total. The van der Waals surface area contributed by atoms with Gasteiger partial charge in [0, 0.05) is 13.1 Å². The number of halogens is 1. The molecule has 0 saturated heterocycles. The first kappa shape index (κ1) is 14.0. The minimum absolute atomic E-state index is 0.0536. The van der Waals surface area contributed by atoms with Crippen LogP contribution in [-0.4, -0.2) is 23.9 Å². The Morgan fingerprint density at radius 1 is 1.42 bits per heavy atom. The molecule has 1 unspecified atom stereocenters. The standard InChI is InChI=1S/C15H21FN2O/c1-3-18(14(19)15(10-17)8-9-15)11(2)12-4-6-13(16)7-5-12/h4-7,11H,3,8-10,17H2,1-2H3. The Hall–Kier alpha value is -1.42. The van der Waals surface area contributed by atoms with Gasteiger partial charge in [-0.25, -0.2) is 4.39 Å². The van der Waals surface area contributed by atoms with E-state index >= 15 is 0 Å². The minimum atomic E-state index is -0.329. The van der Waals surface area contributed by atoms with E-state index in [2.05, 4.69) is 0 Å². The van der Waals surface area contributed by atoms with Crippen molar-refractivity contribution in [2.45, 2.75) is 32.7 Å². The topological polar surface area (TPSA) is 46.3 Å². The molecule has 0 heterocycles. The molecular weight excluding hydrogens is 243 g/mol. The summed E-state index contributed by atoms with van der Waals surface area (Å²) >= 11 is 0. The molecule has 1 aromatic rings. The van der Waals surface area contributed by atoms with E-state index < -0.39 is 0 Å². The molecule has 1 saturated carbocycles. The average Bonchev–Trinajstić information content (AvgIpc) is 3.21. The van der Waals surface area contributed by atoms with E-state index in [1.807, 2.05) is 18.7 Å². The van der Waals surface area contributed by atoms with Crippen LogP contribution in [0.3, 0.4) is 0 Å². The van der Waals surface area contributed by atoms with Crippen LogP contribution in [0.5, 0.6) is 0 Å². The second kappa shape index (κ2) is 5.29. The van der Waals surface area contributed by atoms with Crippen molar-refractivity contribution in [3.05, 3.63) is 35.6 Å². The van der Waals surface area contributed by atoms with Crippen molar-refractivity contribution in [2.75, 3.05) is 13.1 Å². The molecule has 2 rings (SSSR count). The summed E-state index contributed by atoms with van der Waals surface area (Å²) in [7, 11) is 0. The molecule has 1 atom stereocenters. The smallest absolute Gasteiger partial charge is 0.230 e. The third-order valence-corrected chi connectivity index (χ3v) is 4.12. The zero-order chi connectivity index (χ0) is 14.0. The highest BCUT2D eigenvalue weighted by Gasteiger charge is 2.50. The summed E-state index contributed by atoms with van der Waals surface area (Å²) in [6.07, 6.45) is 1.77. The highest BCUT2D eigenvalue weighted by molar-refractivity contribution is 5.86. The molecule has 3 nitrogen and oxygen atoms in total. The fraction of sp³-hybridized carbons (Fsp3) is 0.533. The van der Waals surface area contributed by atoms with E-state index in [9.17, 15) is 9.18 Å². The van der Waals surface area contributed by atoms with Gasteiger partial charge in [0.05, 0.1) is 11.5 Å². The van der Waals surface area contributed by atoms with E-state index in [0.29, 0.717) is 13.1 Å². The Morgan fingerprint density at radius 2 is 2.00 bits per heavy atom. The van der Waals surface area contributed by atoms with Gasteiger partial charge in [0.1, 0.15) is 5.82 Å². The quantitative estimate of drug-likeness (QED) is 0.888. The first-order chi connectivity index (χ1) is 9.04. The maximum absolute atomic E-state index is 12.9. The molecular formula is C15H21FN2O. The second-order valence-corrected chi connectivity index (χ2v) is 5.30. The number of carbonyl (C=O) groups excluding carboxylic acids is 1. The summed E-state index contributed by atoms with van der Waals surface area (Å²) in [6.45, 7) is 4.99. The Bertz CT molecular complexity index is 454. The molecule has 4 heteroatoms. The van der Waals surface area contributed by atoms with Crippen LogP contribution in [-0.2, 0) is 4.79 Å². The van der Waals surface area contributed by atoms with Crippen LogP contribution in [0.25, 0.3) is 0 Å². The first-order valence-corrected chi connectivity index (χ1v) is 6.80. The molecule has 1 fully saturated rings. The van der Waals surface area contributed by atoms with E-state index in [-0.39, 0.29) is 23.2 Å². The second-order valence-electron chi connectivity index (χ2n) is 5.30. The molecule has 1 amide bonds. The molecule has 0 bridgehead atoms. The van der Waals surface area contributed by atoms with Crippen LogP contribution >= 0.6 is 0 Å². The lowest BCUT2D eigenvalue weighted by Crippen LogP contribution is -2.41. The molecule has 0 spiro atoms. The number of amides is 1. The largest absolute Gasteiger partial charge is 0.336 e. The molecule has 104 valence electrons. The molecule has 1 aromatic carbocycles. The monoisotopic (exact) mass is 264 g/mol. The minimum Gasteiger partial charge on any atom is -0.336 e. The van der Waals surface area contributed by atoms with Crippen LogP contribution < -0.4 is 5.73 Å². The number of nitrogens with zero attached hydrogens (tertiary/aromatic N) is 1. The first-order valence-electron chi connectivity index (χ1n) is 6.80. The van der Waals surface area contributed by atoms with E-state index in [1.54, 1.807) is 12.1 Å². The zero-order valence-electron chi connectivity index (χ0n) is 11.5. The maximum atomic E-state index is 12.9. The summed E-state index contributed by atoms with van der Waals surface area (Å²) in [5.74, 6) is -0.125. The van der Waals surface area contributed by atoms with Crippen molar-refractivity contribution in [2.24, 2.45) is 11.1 Å². The predicted molar refractivity (Wildman–Crippen MR) is 72.9 cm³/mol. The van der Waals surface area contributed by atoms with Gasteiger partial charge < -0.3 is 10.6 Å². The number of hydrogen-bond acceptors (Lipinski definition) is 2. The third-order valence-electron chi connectivity index (χ3n) is 4.12. The van der Waals surface area contributed by atoms with E-state index in [0.717, 1.165) is 18.4 Å². The van der Waals surface area contributed by atoms with Gasteiger partial charge in [-0.15, -0.1) is 0 Å². The normalized spacial score (nSPS) is 17.9. The Balaban J connectivity index is 2.17. The summed E-state index contributed by atoms with van der Waals surface area (Å²) in [6, 6.07) is 6.28. The number of carbonyl (C=O) groups is 1. The predicted octanol–water partition coefficient (Wildman–Crippen LogP) is 2.47. The lowest BCUT2D eigenvalue weighted by atomic mass is 10.0. The van der Waals surface area contributed by atoms with Crippen molar-refractivity contribution in [1.82, 2.24) is 4.90 Å². The Labute approximate surface area is 113 Å². The molecule has 1 aliphatic rings. The van der Waals surface area contributed by atoms with Crippen molar-refractivity contribution in [3.63, 3.8) is 0 Å². The van der Waals surface area contributed by atoms with Gasteiger partial charge in [0.2, 0.25) is 5.91 Å². The molecule has 19 heavy (non-hydrogen) atoms. The molecule has 0 radical (unpaired) electrons. The molecule has 0 aliphatic heterocycles. The van der Waals surface area contributed by atoms with Crippen LogP contribution in [0, 0.1) is 11.2 Å². The average molecular weight is 264 g/mol. The highest BCUT2D eigenvalue weighted by Crippen LogP contribution is 2.47. The lowest BCUT2D eigenvalue weighted by Gasteiger charge is -2.31. The van der Waals surface area contributed by atoms with Crippen molar-refractivity contribution >= 4 is 5.91 Å². The third kappa shape index (κ3) is 2.63. The summed E-state index contributed by atoms with van der Waals surface area (Å²) in [4.78, 5) is 14.4. The molecule has 0 aromatic heterocycles. The number of rotatable bonds is 5. The van der Waals surface area contributed by atoms with Crippen LogP contribution in [0.2, 0.25) is 0 Å². The fourth-order valence-electron chi connectivity index (χ4n) is 2.48. The molecule has 1 aliphatic carbocycles. The van der Waals surface area contributed by atoms with Crippen molar-refractivity contribution in [1.29, 1.82) is 0 Å². The van der Waals surface area contributed by atoms with Crippen LogP contribution in [0.15, 0.2) is 24.3 Å². The number of nitrogens with two attached hydrogens (primary N) is 1. The van der Waals surface area contributed by atoms with E-state index in [4.69, 9.17) is 5.73 Å². The van der Waals surface area contributed by atoms with Gasteiger partial charge in [-0.1, -0.05) is 12.1 Å². The summed E-state index contributed by atoms with van der Waals surface area (Å²) in [5, 5.41) is 0. The number of benzene rings is 1. The SMILES string of the molecule is CCN(C(=O)C1(CN)CC1)C(C)c1ccc(F)cc1. The lowest BCUT2D eigenvalue weighted by molar-refractivity contribution is -0.138. The summed E-state index contributed by atoms with van der Waals surface area (Å²) in [5.41, 5.74) is 6.34. The van der Waals surface area contributed by atoms with Gasteiger partial charge in [0.25, 0.3) is 0 Å². The number of hydrogen-bond donors (Lipinski definition) is 1. The highest BCUT2D eigenvalue weighted by atomic mass is 19.1. The van der Waals surface area contributed by atoms with E-state index in [1.165, 1.54) is 12.1 Å². The summed E-state index contributed by atoms with van der Waals surface area (Å²) < 4.78 is 12.9. The Kier molecular flexibility index (Phi) is 3.90. The zero-order valence-corrected chi connectivity index (χ0v) is 11.5. The van der Waals surface area contributed by atoms with Gasteiger partial charge >= 0.3 is 0 Å².